The Morgan fingerprint density at radius 1 is 1.20 bits per heavy atom. The summed E-state index contributed by atoms with van der Waals surface area (Å²) in [5.41, 5.74) is 1.22. The number of halogens is 3. The minimum absolute atomic E-state index is 0.169. The third-order valence-electron chi connectivity index (χ3n) is 5.54. The van der Waals surface area contributed by atoms with Crippen LogP contribution < -0.4 is 10.6 Å². The van der Waals surface area contributed by atoms with Crippen LogP contribution in [0.15, 0.2) is 30.5 Å². The fraction of sp³-hybridized carbons (Fsp3) is 0.409. The van der Waals surface area contributed by atoms with Gasteiger partial charge in [0.25, 0.3) is 6.43 Å². The fourth-order valence-electron chi connectivity index (χ4n) is 3.96. The Balaban J connectivity index is 1.70. The van der Waals surface area contributed by atoms with Crippen LogP contribution in [0.2, 0.25) is 0 Å². The van der Waals surface area contributed by atoms with E-state index in [1.54, 1.807) is 20.0 Å². The summed E-state index contributed by atoms with van der Waals surface area (Å²) in [7, 11) is 0. The molecule has 8 heteroatoms. The summed E-state index contributed by atoms with van der Waals surface area (Å²) in [6, 6.07) is 5.48. The number of aryl methyl sites for hydroxylation is 1. The van der Waals surface area contributed by atoms with E-state index in [9.17, 15) is 13.2 Å². The molecule has 3 heterocycles. The van der Waals surface area contributed by atoms with Gasteiger partial charge in [0, 0.05) is 29.1 Å². The topological polar surface area (TPSA) is 62.7 Å². The molecule has 0 bridgehead atoms. The molecule has 1 aliphatic rings. The molecule has 1 saturated heterocycles. The van der Waals surface area contributed by atoms with Crippen molar-refractivity contribution in [3.8, 4) is 0 Å². The Morgan fingerprint density at radius 3 is 2.73 bits per heavy atom. The second kappa shape index (κ2) is 8.55. The van der Waals surface area contributed by atoms with E-state index < -0.39 is 23.8 Å². The number of hydrogen-bond donors (Lipinski definition) is 2. The number of alkyl halides is 2. The van der Waals surface area contributed by atoms with E-state index in [0.29, 0.717) is 23.1 Å². The summed E-state index contributed by atoms with van der Waals surface area (Å²) >= 11 is 0. The Labute approximate surface area is 173 Å². The largest absolute Gasteiger partial charge is 0.363 e. The van der Waals surface area contributed by atoms with Crippen molar-refractivity contribution in [1.29, 1.82) is 0 Å². The number of rotatable bonds is 5. The molecular weight excluding hydrogens is 391 g/mol. The number of hydrogen-bond acceptors (Lipinski definition) is 5. The maximum Gasteiger partial charge on any atom is 0.266 e. The first kappa shape index (κ1) is 20.5. The molecule has 5 nitrogen and oxygen atoms in total. The Morgan fingerprint density at radius 2 is 2.00 bits per heavy atom. The van der Waals surface area contributed by atoms with E-state index in [1.165, 1.54) is 12.1 Å². The molecule has 2 aromatic heterocycles. The number of anilines is 1. The number of pyridine rings is 1. The van der Waals surface area contributed by atoms with Crippen molar-refractivity contribution in [2.24, 2.45) is 0 Å². The molecule has 1 fully saturated rings. The fourth-order valence-corrected chi connectivity index (χ4v) is 3.96. The maximum absolute atomic E-state index is 14.6. The number of nitrogens with zero attached hydrogens (tertiary/aromatic N) is 3. The van der Waals surface area contributed by atoms with Gasteiger partial charge in [0.15, 0.2) is 0 Å². The van der Waals surface area contributed by atoms with Crippen molar-refractivity contribution in [3.63, 3.8) is 0 Å². The van der Waals surface area contributed by atoms with Gasteiger partial charge in [-0.25, -0.2) is 23.1 Å². The molecular formula is C22H24F3N5. The van der Waals surface area contributed by atoms with E-state index in [0.717, 1.165) is 43.1 Å². The van der Waals surface area contributed by atoms with Gasteiger partial charge in [0.1, 0.15) is 17.5 Å². The zero-order chi connectivity index (χ0) is 21.3. The van der Waals surface area contributed by atoms with Crippen molar-refractivity contribution in [2.45, 2.75) is 45.1 Å². The lowest BCUT2D eigenvalue weighted by molar-refractivity contribution is 0.146. The van der Waals surface area contributed by atoms with Crippen LogP contribution >= 0.6 is 0 Å². The van der Waals surface area contributed by atoms with Crippen LogP contribution in [-0.4, -0.2) is 28.0 Å². The van der Waals surface area contributed by atoms with Crippen LogP contribution in [0, 0.1) is 12.7 Å². The van der Waals surface area contributed by atoms with E-state index >= 15 is 0 Å². The van der Waals surface area contributed by atoms with Crippen molar-refractivity contribution in [2.75, 3.05) is 18.4 Å². The highest BCUT2D eigenvalue weighted by molar-refractivity contribution is 5.89. The molecule has 1 aromatic carbocycles. The highest BCUT2D eigenvalue weighted by atomic mass is 19.3. The first-order valence-electron chi connectivity index (χ1n) is 10.1. The number of nitrogens with one attached hydrogen (secondary N) is 2. The molecule has 0 spiro atoms. The van der Waals surface area contributed by atoms with Crippen molar-refractivity contribution < 1.29 is 13.2 Å². The molecule has 2 atom stereocenters. The van der Waals surface area contributed by atoms with E-state index in [-0.39, 0.29) is 5.56 Å². The van der Waals surface area contributed by atoms with Gasteiger partial charge in [0.2, 0.25) is 0 Å². The molecule has 0 aliphatic carbocycles. The van der Waals surface area contributed by atoms with Crippen LogP contribution in [0.1, 0.15) is 60.8 Å². The molecule has 3 aromatic rings. The third kappa shape index (κ3) is 4.09. The second-order valence-corrected chi connectivity index (χ2v) is 7.71. The predicted octanol–water partition coefficient (Wildman–Crippen LogP) is 5.05. The first-order valence-corrected chi connectivity index (χ1v) is 10.1. The Bertz CT molecular complexity index is 1050. The summed E-state index contributed by atoms with van der Waals surface area (Å²) in [4.78, 5) is 13.6. The summed E-state index contributed by atoms with van der Waals surface area (Å²) in [5.74, 6) is 0.514. The summed E-state index contributed by atoms with van der Waals surface area (Å²) in [6.07, 6.45) is 1.03. The van der Waals surface area contributed by atoms with Crippen LogP contribution in [-0.2, 0) is 0 Å². The number of fused-ring (bicyclic) bond motifs is 1. The van der Waals surface area contributed by atoms with Crippen LogP contribution in [0.25, 0.3) is 10.9 Å². The third-order valence-corrected chi connectivity index (χ3v) is 5.54. The number of benzene rings is 1. The zero-order valence-electron chi connectivity index (χ0n) is 16.9. The van der Waals surface area contributed by atoms with Gasteiger partial charge in [0.05, 0.1) is 23.3 Å². The minimum atomic E-state index is -2.86. The lowest BCUT2D eigenvalue weighted by Crippen LogP contribution is -2.28. The summed E-state index contributed by atoms with van der Waals surface area (Å²) in [5, 5.41) is 7.37. The average molecular weight is 415 g/mol. The molecule has 4 rings (SSSR count). The van der Waals surface area contributed by atoms with Gasteiger partial charge >= 0.3 is 0 Å². The molecule has 158 valence electrons. The van der Waals surface area contributed by atoms with Crippen molar-refractivity contribution in [1.82, 2.24) is 20.3 Å². The molecule has 0 amide bonds. The van der Waals surface area contributed by atoms with Gasteiger partial charge in [-0.1, -0.05) is 18.2 Å². The zero-order valence-corrected chi connectivity index (χ0v) is 16.9. The SMILES string of the molecule is Cc1nc(N[C@H](C)c2cccc(C(F)F)c2F)c2cc([C@@H]3CCCNC3)ncc2n1. The lowest BCUT2D eigenvalue weighted by atomic mass is 9.95. The molecule has 30 heavy (non-hydrogen) atoms. The van der Waals surface area contributed by atoms with E-state index in [4.69, 9.17) is 0 Å². The average Bonchev–Trinajstić information content (AvgIpc) is 2.74. The van der Waals surface area contributed by atoms with Gasteiger partial charge in [-0.15, -0.1) is 0 Å². The molecule has 0 saturated carbocycles. The predicted molar refractivity (Wildman–Crippen MR) is 110 cm³/mol. The summed E-state index contributed by atoms with van der Waals surface area (Å²) < 4.78 is 40.8. The second-order valence-electron chi connectivity index (χ2n) is 7.71. The molecule has 2 N–H and O–H groups in total. The van der Waals surface area contributed by atoms with E-state index in [2.05, 4.69) is 25.6 Å². The Kier molecular flexibility index (Phi) is 5.85. The highest BCUT2D eigenvalue weighted by Gasteiger charge is 2.21. The maximum atomic E-state index is 14.6. The standard InChI is InChI=1S/C22H24F3N5/c1-12(15-6-3-7-16(20(15)23)21(24)25)28-22-17-9-18(14-5-4-8-26-10-14)27-11-19(17)29-13(2)30-22/h3,6-7,9,11-12,14,21,26H,4-5,8,10H2,1-2H3,(H,28,29,30)/t12-,14-/m1/s1. The van der Waals surface area contributed by atoms with Gasteiger partial charge in [-0.05, 0) is 39.3 Å². The van der Waals surface area contributed by atoms with Crippen LogP contribution in [0.3, 0.4) is 0 Å². The van der Waals surface area contributed by atoms with E-state index in [1.807, 2.05) is 6.07 Å². The highest BCUT2D eigenvalue weighted by Crippen LogP contribution is 2.31. The molecule has 0 unspecified atom stereocenters. The van der Waals surface area contributed by atoms with Crippen LogP contribution in [0.4, 0.5) is 19.0 Å². The Hall–Kier alpha value is -2.74. The molecule has 0 radical (unpaired) electrons. The first-order chi connectivity index (χ1) is 14.4. The monoisotopic (exact) mass is 415 g/mol. The number of aromatic nitrogens is 3. The van der Waals surface area contributed by atoms with Crippen molar-refractivity contribution >= 4 is 16.7 Å². The number of piperidine rings is 1. The minimum Gasteiger partial charge on any atom is -0.363 e. The van der Waals surface area contributed by atoms with Gasteiger partial charge in [-0.3, -0.25) is 4.98 Å². The van der Waals surface area contributed by atoms with Crippen LogP contribution in [0.5, 0.6) is 0 Å². The summed E-state index contributed by atoms with van der Waals surface area (Å²) in [6.45, 7) is 5.38. The van der Waals surface area contributed by atoms with Gasteiger partial charge in [-0.2, -0.15) is 0 Å². The normalized spacial score (nSPS) is 18.0. The smallest absolute Gasteiger partial charge is 0.266 e. The quantitative estimate of drug-likeness (QED) is 0.611. The lowest BCUT2D eigenvalue weighted by Gasteiger charge is -2.23. The molecule has 1 aliphatic heterocycles. The van der Waals surface area contributed by atoms with Gasteiger partial charge < -0.3 is 10.6 Å². The van der Waals surface area contributed by atoms with Crippen molar-refractivity contribution in [3.05, 3.63) is 58.9 Å².